The first kappa shape index (κ1) is 17.4. The van der Waals surface area contributed by atoms with Crippen molar-refractivity contribution in [2.45, 2.75) is 32.3 Å². The number of carbonyl (C=O) groups excluding carboxylic acids is 1. The molecule has 0 aliphatic rings. The monoisotopic (exact) mass is 330 g/mol. The van der Waals surface area contributed by atoms with Crippen molar-refractivity contribution in [1.29, 1.82) is 0 Å². The zero-order valence-corrected chi connectivity index (χ0v) is 14.8. The fraction of sp³-hybridized carbons (Fsp3) is 0.316. The predicted octanol–water partition coefficient (Wildman–Crippen LogP) is 3.96. The first-order chi connectivity index (χ1) is 10.9. The van der Waals surface area contributed by atoms with Gasteiger partial charge in [-0.2, -0.15) is 0 Å². The van der Waals surface area contributed by atoms with Gasteiger partial charge in [0, 0.05) is 27.7 Å². The first-order valence-corrected chi connectivity index (χ1v) is 8.98. The SMILES string of the molecule is COc1ccc(C(C)=O)cc1C[S@@](=O)Cc1cc(C)cc(C)c1. The fourth-order valence-corrected chi connectivity index (χ4v) is 3.89. The van der Waals surface area contributed by atoms with E-state index in [1.165, 1.54) is 18.1 Å². The van der Waals surface area contributed by atoms with E-state index in [2.05, 4.69) is 18.2 Å². The van der Waals surface area contributed by atoms with Crippen molar-refractivity contribution >= 4 is 16.6 Å². The zero-order valence-electron chi connectivity index (χ0n) is 14.0. The predicted molar refractivity (Wildman–Crippen MR) is 94.5 cm³/mol. The lowest BCUT2D eigenvalue weighted by molar-refractivity contribution is 0.101. The van der Waals surface area contributed by atoms with Crippen molar-refractivity contribution in [3.63, 3.8) is 0 Å². The molecule has 0 aliphatic carbocycles. The van der Waals surface area contributed by atoms with Gasteiger partial charge < -0.3 is 4.74 Å². The molecule has 23 heavy (non-hydrogen) atoms. The molecule has 0 unspecified atom stereocenters. The van der Waals surface area contributed by atoms with E-state index in [9.17, 15) is 9.00 Å². The second-order valence-electron chi connectivity index (χ2n) is 5.81. The molecule has 0 radical (unpaired) electrons. The number of rotatable bonds is 6. The van der Waals surface area contributed by atoms with E-state index < -0.39 is 10.8 Å². The van der Waals surface area contributed by atoms with Crippen LogP contribution in [0.3, 0.4) is 0 Å². The van der Waals surface area contributed by atoms with Crippen LogP contribution in [-0.2, 0) is 22.3 Å². The summed E-state index contributed by atoms with van der Waals surface area (Å²) in [4.78, 5) is 11.5. The van der Waals surface area contributed by atoms with Gasteiger partial charge in [-0.25, -0.2) is 0 Å². The van der Waals surface area contributed by atoms with Crippen molar-refractivity contribution in [3.8, 4) is 5.75 Å². The van der Waals surface area contributed by atoms with E-state index in [1.807, 2.05) is 13.8 Å². The maximum Gasteiger partial charge on any atom is 0.159 e. The molecule has 3 nitrogen and oxygen atoms in total. The summed E-state index contributed by atoms with van der Waals surface area (Å²) in [7, 11) is 0.519. The van der Waals surface area contributed by atoms with Crippen molar-refractivity contribution in [2.24, 2.45) is 0 Å². The summed E-state index contributed by atoms with van der Waals surface area (Å²) in [6.45, 7) is 5.61. The van der Waals surface area contributed by atoms with Crippen LogP contribution in [0.15, 0.2) is 36.4 Å². The quantitative estimate of drug-likeness (QED) is 0.753. The average Bonchev–Trinajstić information content (AvgIpc) is 2.45. The molecule has 4 heteroatoms. The van der Waals surface area contributed by atoms with Gasteiger partial charge >= 0.3 is 0 Å². The highest BCUT2D eigenvalue weighted by Gasteiger charge is 2.11. The third kappa shape index (κ3) is 4.76. The molecule has 0 aromatic heterocycles. The van der Waals surface area contributed by atoms with E-state index in [0.717, 1.165) is 11.1 Å². The van der Waals surface area contributed by atoms with Crippen molar-refractivity contribution < 1.29 is 13.7 Å². The first-order valence-electron chi connectivity index (χ1n) is 7.49. The lowest BCUT2D eigenvalue weighted by atomic mass is 10.1. The summed E-state index contributed by atoms with van der Waals surface area (Å²) in [5.74, 6) is 1.53. The van der Waals surface area contributed by atoms with Crippen LogP contribution < -0.4 is 4.74 Å². The summed E-state index contributed by atoms with van der Waals surface area (Å²) in [5.41, 5.74) is 4.84. The number of hydrogen-bond donors (Lipinski definition) is 0. The van der Waals surface area contributed by atoms with Gasteiger partial charge in [0.25, 0.3) is 0 Å². The van der Waals surface area contributed by atoms with Gasteiger partial charge in [0.15, 0.2) is 5.78 Å². The lowest BCUT2D eigenvalue weighted by Crippen LogP contribution is -2.04. The summed E-state index contributed by atoms with van der Waals surface area (Å²) in [6, 6.07) is 11.5. The van der Waals surface area contributed by atoms with E-state index in [1.54, 1.807) is 25.3 Å². The third-order valence-electron chi connectivity index (χ3n) is 3.61. The number of Topliss-reactive ketones (excluding diaryl/α,β-unsaturated/α-hetero) is 1. The molecule has 0 heterocycles. The molecule has 0 aliphatic heterocycles. The molecular weight excluding hydrogens is 308 g/mol. The lowest BCUT2D eigenvalue weighted by Gasteiger charge is -2.10. The molecule has 0 amide bonds. The largest absolute Gasteiger partial charge is 0.496 e. The minimum atomic E-state index is -1.06. The maximum atomic E-state index is 12.5. The van der Waals surface area contributed by atoms with Gasteiger partial charge in [0.1, 0.15) is 5.75 Å². The summed E-state index contributed by atoms with van der Waals surface area (Å²) < 4.78 is 17.8. The molecule has 0 saturated carbocycles. The van der Waals surface area contributed by atoms with Crippen LogP contribution in [0.1, 0.15) is 39.5 Å². The third-order valence-corrected chi connectivity index (χ3v) is 4.90. The number of ketones is 1. The Morgan fingerprint density at radius 2 is 1.70 bits per heavy atom. The number of benzene rings is 2. The molecule has 2 rings (SSSR count). The van der Waals surface area contributed by atoms with Gasteiger partial charge in [-0.3, -0.25) is 9.00 Å². The number of hydrogen-bond acceptors (Lipinski definition) is 3. The van der Waals surface area contributed by atoms with E-state index >= 15 is 0 Å². The molecule has 0 spiro atoms. The highest BCUT2D eigenvalue weighted by atomic mass is 32.2. The van der Waals surface area contributed by atoms with Crippen LogP contribution in [0.5, 0.6) is 5.75 Å². The van der Waals surface area contributed by atoms with Crippen LogP contribution in [0.2, 0.25) is 0 Å². The fourth-order valence-electron chi connectivity index (χ4n) is 2.67. The van der Waals surface area contributed by atoms with Gasteiger partial charge in [0.05, 0.1) is 12.9 Å². The average molecular weight is 330 g/mol. The molecule has 2 aromatic rings. The van der Waals surface area contributed by atoms with Crippen LogP contribution in [0, 0.1) is 13.8 Å². The molecule has 0 N–H and O–H groups in total. The van der Waals surface area contributed by atoms with Crippen molar-refractivity contribution in [1.82, 2.24) is 0 Å². The molecule has 0 bridgehead atoms. The minimum Gasteiger partial charge on any atom is -0.496 e. The molecule has 1 atom stereocenters. The highest BCUT2D eigenvalue weighted by Crippen LogP contribution is 2.23. The molecule has 0 saturated heterocycles. The van der Waals surface area contributed by atoms with Crippen molar-refractivity contribution in [2.75, 3.05) is 7.11 Å². The Balaban J connectivity index is 2.19. The Hall–Kier alpha value is -1.94. The van der Waals surface area contributed by atoms with Gasteiger partial charge in [-0.1, -0.05) is 29.3 Å². The number of carbonyl (C=O) groups is 1. The van der Waals surface area contributed by atoms with Crippen LogP contribution >= 0.6 is 0 Å². The number of ether oxygens (including phenoxy) is 1. The summed E-state index contributed by atoms with van der Waals surface area (Å²) in [5, 5.41) is 0. The number of aryl methyl sites for hydroxylation is 2. The van der Waals surface area contributed by atoms with Crippen LogP contribution in [0.4, 0.5) is 0 Å². The zero-order chi connectivity index (χ0) is 17.0. The van der Waals surface area contributed by atoms with Gasteiger partial charge in [0.2, 0.25) is 0 Å². The highest BCUT2D eigenvalue weighted by molar-refractivity contribution is 7.83. The van der Waals surface area contributed by atoms with Crippen LogP contribution in [-0.4, -0.2) is 17.1 Å². The normalized spacial score (nSPS) is 12.0. The standard InChI is InChI=1S/C19H22O3S/c1-13-7-14(2)9-16(8-13)11-23(21)12-18-10-17(15(3)20)5-6-19(18)22-4/h5-10H,11-12H2,1-4H3/t23-/m0/s1. The Morgan fingerprint density at radius 1 is 1.04 bits per heavy atom. The van der Waals surface area contributed by atoms with E-state index in [-0.39, 0.29) is 5.78 Å². The van der Waals surface area contributed by atoms with E-state index in [0.29, 0.717) is 22.8 Å². The second kappa shape index (κ2) is 7.55. The maximum absolute atomic E-state index is 12.5. The Kier molecular flexibility index (Phi) is 5.72. The van der Waals surface area contributed by atoms with Gasteiger partial charge in [-0.15, -0.1) is 0 Å². The second-order valence-corrected chi connectivity index (χ2v) is 7.26. The number of methoxy groups -OCH3 is 1. The summed E-state index contributed by atoms with van der Waals surface area (Å²) >= 11 is 0. The van der Waals surface area contributed by atoms with Gasteiger partial charge in [-0.05, 0) is 44.5 Å². The molecule has 122 valence electrons. The molecule has 2 aromatic carbocycles. The summed E-state index contributed by atoms with van der Waals surface area (Å²) in [6.07, 6.45) is 0. The minimum absolute atomic E-state index is 0.00556. The Morgan fingerprint density at radius 3 is 2.26 bits per heavy atom. The Bertz CT molecular complexity index is 730. The smallest absolute Gasteiger partial charge is 0.159 e. The van der Waals surface area contributed by atoms with Crippen molar-refractivity contribution in [3.05, 3.63) is 64.2 Å². The Labute approximate surface area is 140 Å². The molecular formula is C19H22O3S. The van der Waals surface area contributed by atoms with E-state index in [4.69, 9.17) is 4.74 Å². The topological polar surface area (TPSA) is 43.4 Å². The molecule has 0 fully saturated rings. The van der Waals surface area contributed by atoms with Crippen LogP contribution in [0.25, 0.3) is 0 Å².